The summed E-state index contributed by atoms with van der Waals surface area (Å²) in [6, 6.07) is 61.8. The fourth-order valence-corrected chi connectivity index (χ4v) is 8.02. The van der Waals surface area contributed by atoms with Gasteiger partial charge in [-0.2, -0.15) is 0 Å². The van der Waals surface area contributed by atoms with Crippen molar-refractivity contribution < 1.29 is 8.83 Å². The van der Waals surface area contributed by atoms with E-state index in [4.69, 9.17) is 13.8 Å². The smallest absolute Gasteiger partial charge is 0.144 e. The molecule has 0 aliphatic heterocycles. The third-order valence-corrected chi connectivity index (χ3v) is 10.5. The number of pyridine rings is 1. The van der Waals surface area contributed by atoms with Gasteiger partial charge in [0, 0.05) is 54.4 Å². The first kappa shape index (κ1) is 28.8. The van der Waals surface area contributed by atoms with Gasteiger partial charge in [0.15, 0.2) is 0 Å². The third kappa shape index (κ3) is 4.36. The molecule has 0 unspecified atom stereocenters. The second-order valence-corrected chi connectivity index (χ2v) is 13.4. The normalized spacial score (nSPS) is 11.8. The topological polar surface area (TPSA) is 39.2 Å². The molecule has 8 aromatic carbocycles. The summed E-state index contributed by atoms with van der Waals surface area (Å²) in [5, 5.41) is 7.67. The molecule has 242 valence electrons. The Morgan fingerprint density at radius 1 is 0.327 bits per heavy atom. The van der Waals surface area contributed by atoms with Crippen molar-refractivity contribution in [1.29, 1.82) is 0 Å². The highest BCUT2D eigenvalue weighted by molar-refractivity contribution is 6.25. The van der Waals surface area contributed by atoms with Gasteiger partial charge in [-0.1, -0.05) is 146 Å². The molecule has 3 aromatic heterocycles. The van der Waals surface area contributed by atoms with Crippen molar-refractivity contribution in [2.75, 3.05) is 0 Å². The van der Waals surface area contributed by atoms with E-state index in [0.29, 0.717) is 0 Å². The van der Waals surface area contributed by atoms with Crippen molar-refractivity contribution in [3.63, 3.8) is 0 Å². The Morgan fingerprint density at radius 2 is 0.904 bits per heavy atom. The van der Waals surface area contributed by atoms with E-state index in [2.05, 4.69) is 158 Å². The first-order valence-corrected chi connectivity index (χ1v) is 17.6. The minimum atomic E-state index is 0.875. The van der Waals surface area contributed by atoms with Crippen LogP contribution in [0.5, 0.6) is 0 Å². The van der Waals surface area contributed by atoms with E-state index >= 15 is 0 Å². The zero-order valence-corrected chi connectivity index (χ0v) is 28.0. The van der Waals surface area contributed by atoms with Crippen LogP contribution in [0.15, 0.2) is 185 Å². The highest BCUT2D eigenvalue weighted by Crippen LogP contribution is 2.44. The molecule has 0 spiro atoms. The zero-order chi connectivity index (χ0) is 34.2. The molecule has 0 radical (unpaired) electrons. The largest absolute Gasteiger partial charge is 0.455 e. The Balaban J connectivity index is 1.09. The van der Waals surface area contributed by atoms with Gasteiger partial charge in [-0.15, -0.1) is 0 Å². The van der Waals surface area contributed by atoms with Gasteiger partial charge in [0.2, 0.25) is 0 Å². The van der Waals surface area contributed by atoms with Crippen LogP contribution in [0.1, 0.15) is 0 Å². The van der Waals surface area contributed by atoms with Crippen LogP contribution in [-0.4, -0.2) is 4.98 Å². The maximum absolute atomic E-state index is 7.01. The molecular weight excluding hydrogens is 635 g/mol. The van der Waals surface area contributed by atoms with Gasteiger partial charge < -0.3 is 8.83 Å². The van der Waals surface area contributed by atoms with Crippen LogP contribution in [0.4, 0.5) is 0 Å². The number of hydrogen-bond acceptors (Lipinski definition) is 3. The van der Waals surface area contributed by atoms with E-state index in [1.165, 1.54) is 11.1 Å². The number of rotatable bonds is 4. The first-order valence-electron chi connectivity index (χ1n) is 17.6. The van der Waals surface area contributed by atoms with Gasteiger partial charge in [0.05, 0.1) is 11.2 Å². The summed E-state index contributed by atoms with van der Waals surface area (Å²) in [6.07, 6.45) is 0. The summed E-state index contributed by atoms with van der Waals surface area (Å²) in [6.45, 7) is 0. The quantitative estimate of drug-likeness (QED) is 0.176. The van der Waals surface area contributed by atoms with Gasteiger partial charge in [-0.3, -0.25) is 0 Å². The van der Waals surface area contributed by atoms with Gasteiger partial charge in [0.1, 0.15) is 22.3 Å². The van der Waals surface area contributed by atoms with Crippen LogP contribution in [0.25, 0.3) is 110 Å². The lowest BCUT2D eigenvalue weighted by atomic mass is 9.95. The molecule has 0 bridgehead atoms. The molecule has 52 heavy (non-hydrogen) atoms. The molecule has 11 rings (SSSR count). The fraction of sp³-hybridized carbons (Fsp3) is 0. The highest BCUT2D eigenvalue weighted by Gasteiger charge is 2.20. The van der Waals surface area contributed by atoms with Gasteiger partial charge in [-0.25, -0.2) is 4.98 Å². The molecule has 0 saturated heterocycles. The number of benzene rings is 8. The van der Waals surface area contributed by atoms with Crippen LogP contribution in [0.3, 0.4) is 0 Å². The number of furan rings is 2. The Hall–Kier alpha value is -6.97. The highest BCUT2D eigenvalue weighted by atomic mass is 16.3. The first-order chi connectivity index (χ1) is 25.8. The van der Waals surface area contributed by atoms with Crippen molar-refractivity contribution in [1.82, 2.24) is 4.98 Å². The number of para-hydroxylation sites is 3. The Bertz CT molecular complexity index is 3170. The van der Waals surface area contributed by atoms with Gasteiger partial charge in [-0.05, 0) is 52.6 Å². The van der Waals surface area contributed by atoms with Crippen LogP contribution in [0.2, 0.25) is 0 Å². The van der Waals surface area contributed by atoms with Gasteiger partial charge >= 0.3 is 0 Å². The average Bonchev–Trinajstić information content (AvgIpc) is 3.79. The van der Waals surface area contributed by atoms with E-state index in [9.17, 15) is 0 Å². The summed E-state index contributed by atoms with van der Waals surface area (Å²) < 4.78 is 13.6. The molecule has 0 aliphatic carbocycles. The average molecular weight is 664 g/mol. The monoisotopic (exact) mass is 663 g/mol. The van der Waals surface area contributed by atoms with Crippen LogP contribution in [0, 0.1) is 0 Å². The van der Waals surface area contributed by atoms with Crippen LogP contribution < -0.4 is 0 Å². The minimum Gasteiger partial charge on any atom is -0.455 e. The molecule has 0 amide bonds. The molecule has 11 aromatic rings. The zero-order valence-electron chi connectivity index (χ0n) is 28.0. The van der Waals surface area contributed by atoms with E-state index in [1.807, 2.05) is 18.2 Å². The van der Waals surface area contributed by atoms with Crippen LogP contribution >= 0.6 is 0 Å². The molecule has 0 fully saturated rings. The Labute approximate surface area is 299 Å². The standard InChI is InChI=1S/C49H29NO2/c1-3-12-30(13-4-1)32-24-27-44-42(29-32)38-22-11-19-35(47(38)51-44)33-16-9-17-34(28-33)36-20-10-21-37-39-25-26-41-45(49(39)52-48(36)37)40-18-7-8-23-43(40)50-46(41)31-14-5-2-6-15-31/h1-29H. The maximum atomic E-state index is 7.01. The van der Waals surface area contributed by atoms with E-state index in [1.54, 1.807) is 0 Å². The minimum absolute atomic E-state index is 0.875. The number of nitrogens with zero attached hydrogens (tertiary/aromatic N) is 1. The van der Waals surface area contributed by atoms with Crippen molar-refractivity contribution in [2.24, 2.45) is 0 Å². The third-order valence-electron chi connectivity index (χ3n) is 10.5. The molecule has 0 aliphatic rings. The molecule has 3 nitrogen and oxygen atoms in total. The summed E-state index contributed by atoms with van der Waals surface area (Å²) in [7, 11) is 0. The second kappa shape index (κ2) is 11.3. The lowest BCUT2D eigenvalue weighted by Crippen LogP contribution is -1.89. The van der Waals surface area contributed by atoms with E-state index in [0.717, 1.165) is 99.1 Å². The predicted octanol–water partition coefficient (Wildman–Crippen LogP) is 13.9. The van der Waals surface area contributed by atoms with E-state index < -0.39 is 0 Å². The number of aromatic nitrogens is 1. The van der Waals surface area contributed by atoms with E-state index in [-0.39, 0.29) is 0 Å². The number of fused-ring (bicyclic) bond motifs is 10. The second-order valence-electron chi connectivity index (χ2n) is 13.4. The fourth-order valence-electron chi connectivity index (χ4n) is 8.02. The molecule has 3 heteroatoms. The summed E-state index contributed by atoms with van der Waals surface area (Å²) >= 11 is 0. The Morgan fingerprint density at radius 3 is 1.67 bits per heavy atom. The van der Waals surface area contributed by atoms with Crippen molar-refractivity contribution in [3.05, 3.63) is 176 Å². The van der Waals surface area contributed by atoms with Crippen LogP contribution in [-0.2, 0) is 0 Å². The van der Waals surface area contributed by atoms with Crippen molar-refractivity contribution in [2.45, 2.75) is 0 Å². The predicted molar refractivity (Wildman–Crippen MR) is 216 cm³/mol. The maximum Gasteiger partial charge on any atom is 0.144 e. The Kier molecular flexibility index (Phi) is 6.25. The van der Waals surface area contributed by atoms with Crippen molar-refractivity contribution in [3.8, 4) is 44.6 Å². The van der Waals surface area contributed by atoms with Crippen molar-refractivity contribution >= 4 is 65.6 Å². The van der Waals surface area contributed by atoms with Gasteiger partial charge in [0.25, 0.3) is 0 Å². The lowest BCUT2D eigenvalue weighted by molar-refractivity contribution is 0.670. The molecule has 0 atom stereocenters. The summed E-state index contributed by atoms with van der Waals surface area (Å²) in [5.74, 6) is 0. The lowest BCUT2D eigenvalue weighted by Gasteiger charge is -2.10. The number of hydrogen-bond donors (Lipinski definition) is 0. The summed E-state index contributed by atoms with van der Waals surface area (Å²) in [5.41, 5.74) is 13.2. The molecular formula is C49H29NO2. The molecule has 0 saturated carbocycles. The molecule has 0 N–H and O–H groups in total. The summed E-state index contributed by atoms with van der Waals surface area (Å²) in [4.78, 5) is 5.14. The SMILES string of the molecule is c1ccc(-c2ccc3oc4c(-c5cccc(-c6cccc7c6oc6c7ccc7c(-c8ccccc8)nc8ccccc8c76)c5)cccc4c3c2)cc1. The molecule has 3 heterocycles.